The maximum atomic E-state index is 11.5. The molecule has 0 bridgehead atoms. The number of nitrogens with one attached hydrogen (secondary N) is 1. The summed E-state index contributed by atoms with van der Waals surface area (Å²) in [7, 11) is 0. The average Bonchev–Trinajstić information content (AvgIpc) is 2.36. The van der Waals surface area contributed by atoms with Crippen LogP contribution < -0.4 is 5.32 Å². The Balaban J connectivity index is 2.57. The van der Waals surface area contributed by atoms with Gasteiger partial charge in [-0.2, -0.15) is 0 Å². The van der Waals surface area contributed by atoms with Crippen molar-refractivity contribution >= 4 is 5.91 Å². The number of aliphatic hydroxyl groups is 4. The van der Waals surface area contributed by atoms with Crippen LogP contribution in [0.5, 0.6) is 0 Å². The second-order valence-electron chi connectivity index (χ2n) is 4.43. The first-order valence-corrected chi connectivity index (χ1v) is 6.11. The van der Waals surface area contributed by atoms with Crippen LogP contribution in [-0.2, 0) is 9.53 Å². The van der Waals surface area contributed by atoms with Crippen LogP contribution in [0.15, 0.2) is 0 Å². The third kappa shape index (κ3) is 3.63. The normalized spacial score (nSPS) is 36.4. The maximum Gasteiger partial charge on any atom is 0.220 e. The molecule has 0 saturated carbocycles. The molecule has 7 nitrogen and oxygen atoms in total. The van der Waals surface area contributed by atoms with Gasteiger partial charge in [-0.05, 0) is 6.42 Å². The highest BCUT2D eigenvalue weighted by molar-refractivity contribution is 5.76. The molecule has 1 aliphatic heterocycles. The number of hydrogen-bond donors (Lipinski definition) is 5. The molecule has 1 heterocycles. The average molecular weight is 263 g/mol. The second kappa shape index (κ2) is 7.01. The van der Waals surface area contributed by atoms with E-state index >= 15 is 0 Å². The molecule has 1 amide bonds. The Morgan fingerprint density at radius 2 is 1.94 bits per heavy atom. The Morgan fingerprint density at radius 3 is 2.50 bits per heavy atom. The van der Waals surface area contributed by atoms with Gasteiger partial charge in [0.05, 0.1) is 6.61 Å². The molecule has 1 aliphatic rings. The minimum atomic E-state index is -1.45. The molecule has 5 atom stereocenters. The zero-order valence-electron chi connectivity index (χ0n) is 10.3. The summed E-state index contributed by atoms with van der Waals surface area (Å²) >= 11 is 0. The Kier molecular flexibility index (Phi) is 5.97. The summed E-state index contributed by atoms with van der Waals surface area (Å²) in [6.07, 6.45) is -3.40. The molecule has 0 aromatic heterocycles. The van der Waals surface area contributed by atoms with Crippen molar-refractivity contribution in [3.63, 3.8) is 0 Å². The summed E-state index contributed by atoms with van der Waals surface area (Å²) < 4.78 is 4.92. The van der Waals surface area contributed by atoms with Crippen LogP contribution in [0.25, 0.3) is 0 Å². The molecule has 18 heavy (non-hydrogen) atoms. The number of carbonyl (C=O) groups excluding carboxylic acids is 1. The van der Waals surface area contributed by atoms with Crippen molar-refractivity contribution in [1.29, 1.82) is 0 Å². The predicted molar refractivity (Wildman–Crippen MR) is 61.4 cm³/mol. The van der Waals surface area contributed by atoms with Crippen LogP contribution in [0.2, 0.25) is 0 Å². The number of amides is 1. The third-order valence-corrected chi connectivity index (χ3v) is 2.99. The molecule has 1 fully saturated rings. The highest BCUT2D eigenvalue weighted by Crippen LogP contribution is 2.19. The van der Waals surface area contributed by atoms with Crippen LogP contribution in [0, 0.1) is 0 Å². The first kappa shape index (κ1) is 15.3. The van der Waals surface area contributed by atoms with Gasteiger partial charge in [0, 0.05) is 6.42 Å². The van der Waals surface area contributed by atoms with Crippen molar-refractivity contribution in [2.24, 2.45) is 0 Å². The van der Waals surface area contributed by atoms with E-state index in [2.05, 4.69) is 5.32 Å². The van der Waals surface area contributed by atoms with E-state index in [4.69, 9.17) is 9.84 Å². The van der Waals surface area contributed by atoms with Gasteiger partial charge in [0.1, 0.15) is 24.4 Å². The van der Waals surface area contributed by atoms with Crippen LogP contribution >= 0.6 is 0 Å². The topological polar surface area (TPSA) is 119 Å². The lowest BCUT2D eigenvalue weighted by molar-refractivity contribution is -0.253. The van der Waals surface area contributed by atoms with Gasteiger partial charge < -0.3 is 30.5 Å². The molecule has 1 saturated heterocycles. The lowest BCUT2D eigenvalue weighted by Crippen LogP contribution is -2.64. The molecular weight excluding hydrogens is 242 g/mol. The summed E-state index contributed by atoms with van der Waals surface area (Å²) in [4.78, 5) is 11.5. The van der Waals surface area contributed by atoms with E-state index in [-0.39, 0.29) is 12.3 Å². The lowest BCUT2D eigenvalue weighted by atomic mass is 9.97. The smallest absolute Gasteiger partial charge is 0.220 e. The number of unbranched alkanes of at least 4 members (excludes halogenated alkanes) is 1. The standard InChI is InChI=1S/C11H21NO6/c1-2-3-4-7(14)12-8-10(16)9(15)6(5-13)18-11(8)17/h6,8-11,13,15-17H,2-5H2,1H3,(H,12,14)/t6-,8-,9-,10-,11+/m1/s1. The fraction of sp³-hybridized carbons (Fsp3) is 0.909. The van der Waals surface area contributed by atoms with Crippen LogP contribution in [0.4, 0.5) is 0 Å². The first-order valence-electron chi connectivity index (χ1n) is 6.11. The van der Waals surface area contributed by atoms with E-state index in [1.807, 2.05) is 6.92 Å². The fourth-order valence-corrected chi connectivity index (χ4v) is 1.85. The van der Waals surface area contributed by atoms with Crippen LogP contribution in [0.3, 0.4) is 0 Å². The molecule has 0 aromatic rings. The highest BCUT2D eigenvalue weighted by Gasteiger charge is 2.44. The van der Waals surface area contributed by atoms with Crippen LogP contribution in [-0.4, -0.2) is 63.6 Å². The van der Waals surface area contributed by atoms with Crippen molar-refractivity contribution in [3.05, 3.63) is 0 Å². The molecular formula is C11H21NO6. The highest BCUT2D eigenvalue weighted by atomic mass is 16.6. The molecule has 5 N–H and O–H groups in total. The number of carbonyl (C=O) groups is 1. The molecule has 1 rings (SSSR count). The summed E-state index contributed by atoms with van der Waals surface area (Å²) in [5.41, 5.74) is 0. The van der Waals surface area contributed by atoms with Crippen molar-refractivity contribution < 1.29 is 30.0 Å². The predicted octanol–water partition coefficient (Wildman–Crippen LogP) is -1.91. The molecule has 0 aromatic carbocycles. The SMILES string of the molecule is CCCCC(=O)N[C@@H]1[C@@H](O)[C@H](O)[C@@H](CO)O[C@@H]1O. The minimum Gasteiger partial charge on any atom is -0.394 e. The number of ether oxygens (including phenoxy) is 1. The summed E-state index contributed by atoms with van der Waals surface area (Å²) in [6.45, 7) is 1.42. The van der Waals surface area contributed by atoms with E-state index in [9.17, 15) is 20.1 Å². The largest absolute Gasteiger partial charge is 0.394 e. The minimum absolute atomic E-state index is 0.284. The van der Waals surface area contributed by atoms with Gasteiger partial charge in [0.15, 0.2) is 6.29 Å². The summed E-state index contributed by atoms with van der Waals surface area (Å²) in [6, 6.07) is -1.09. The molecule has 0 spiro atoms. The molecule has 0 unspecified atom stereocenters. The van der Waals surface area contributed by atoms with Crippen molar-refractivity contribution in [2.75, 3.05) is 6.61 Å². The monoisotopic (exact) mass is 263 g/mol. The van der Waals surface area contributed by atoms with Gasteiger partial charge >= 0.3 is 0 Å². The van der Waals surface area contributed by atoms with E-state index in [1.54, 1.807) is 0 Å². The van der Waals surface area contributed by atoms with E-state index in [0.717, 1.165) is 6.42 Å². The summed E-state index contributed by atoms with van der Waals surface area (Å²) in [5, 5.41) is 40.3. The Labute approximate surface area is 105 Å². The van der Waals surface area contributed by atoms with Gasteiger partial charge in [-0.1, -0.05) is 13.3 Å². The number of hydrogen-bond acceptors (Lipinski definition) is 6. The van der Waals surface area contributed by atoms with Gasteiger partial charge in [-0.25, -0.2) is 0 Å². The first-order chi connectivity index (χ1) is 8.51. The van der Waals surface area contributed by atoms with E-state index in [1.165, 1.54) is 0 Å². The zero-order valence-corrected chi connectivity index (χ0v) is 10.3. The van der Waals surface area contributed by atoms with Crippen molar-refractivity contribution in [1.82, 2.24) is 5.32 Å². The lowest BCUT2D eigenvalue weighted by Gasteiger charge is -2.40. The maximum absolute atomic E-state index is 11.5. The van der Waals surface area contributed by atoms with Crippen molar-refractivity contribution in [3.8, 4) is 0 Å². The second-order valence-corrected chi connectivity index (χ2v) is 4.43. The van der Waals surface area contributed by atoms with Crippen LogP contribution in [0.1, 0.15) is 26.2 Å². The third-order valence-electron chi connectivity index (χ3n) is 2.99. The molecule has 0 radical (unpaired) electrons. The van der Waals surface area contributed by atoms with Crippen molar-refractivity contribution in [2.45, 2.75) is 56.8 Å². The summed E-state index contributed by atoms with van der Waals surface area (Å²) in [5.74, 6) is -0.321. The molecule has 106 valence electrons. The Morgan fingerprint density at radius 1 is 1.28 bits per heavy atom. The Hall–Kier alpha value is -0.730. The molecule has 0 aliphatic carbocycles. The molecule has 7 heteroatoms. The van der Waals surface area contributed by atoms with E-state index in [0.29, 0.717) is 6.42 Å². The zero-order chi connectivity index (χ0) is 13.7. The number of rotatable bonds is 5. The van der Waals surface area contributed by atoms with E-state index < -0.39 is 37.3 Å². The quantitative estimate of drug-likeness (QED) is 0.395. The Bertz CT molecular complexity index is 274. The number of aliphatic hydroxyl groups excluding tert-OH is 4. The van der Waals surface area contributed by atoms with Gasteiger partial charge in [0.2, 0.25) is 5.91 Å². The van der Waals surface area contributed by atoms with Gasteiger partial charge in [-0.3, -0.25) is 4.79 Å². The fourth-order valence-electron chi connectivity index (χ4n) is 1.85. The van der Waals surface area contributed by atoms with Gasteiger partial charge in [-0.15, -0.1) is 0 Å². The van der Waals surface area contributed by atoms with Gasteiger partial charge in [0.25, 0.3) is 0 Å².